The van der Waals surface area contributed by atoms with Crippen molar-refractivity contribution in [1.29, 1.82) is 0 Å². The van der Waals surface area contributed by atoms with Gasteiger partial charge < -0.3 is 15.0 Å². The summed E-state index contributed by atoms with van der Waals surface area (Å²) in [5, 5.41) is 13.2. The van der Waals surface area contributed by atoms with Gasteiger partial charge in [0.1, 0.15) is 0 Å². The van der Waals surface area contributed by atoms with E-state index >= 15 is 0 Å². The van der Waals surface area contributed by atoms with Crippen molar-refractivity contribution in [3.8, 4) is 0 Å². The summed E-state index contributed by atoms with van der Waals surface area (Å²) in [6.07, 6.45) is 9.70. The van der Waals surface area contributed by atoms with E-state index in [1.807, 2.05) is 12.5 Å². The molecule has 1 heterocycles. The SMILES string of the molecule is CC(C)n1cncc1CNC1(CO)CCCCC1. The predicted octanol–water partition coefficient (Wildman–Crippen LogP) is 2.25. The van der Waals surface area contributed by atoms with Crippen LogP contribution in [0.3, 0.4) is 0 Å². The molecule has 1 aliphatic rings. The lowest BCUT2D eigenvalue weighted by molar-refractivity contribution is 0.118. The van der Waals surface area contributed by atoms with Crippen molar-refractivity contribution in [3.63, 3.8) is 0 Å². The Bertz CT molecular complexity index is 367. The first-order chi connectivity index (χ1) is 8.67. The highest BCUT2D eigenvalue weighted by Gasteiger charge is 2.30. The summed E-state index contributed by atoms with van der Waals surface area (Å²) >= 11 is 0. The molecule has 0 amide bonds. The second kappa shape index (κ2) is 5.85. The van der Waals surface area contributed by atoms with Crippen molar-refractivity contribution < 1.29 is 5.11 Å². The van der Waals surface area contributed by atoms with Crippen LogP contribution in [0, 0.1) is 0 Å². The molecular weight excluding hydrogens is 226 g/mol. The molecule has 0 saturated heterocycles. The molecule has 1 saturated carbocycles. The summed E-state index contributed by atoms with van der Waals surface area (Å²) < 4.78 is 2.18. The lowest BCUT2D eigenvalue weighted by Crippen LogP contribution is -2.49. The number of aliphatic hydroxyl groups is 1. The largest absolute Gasteiger partial charge is 0.394 e. The van der Waals surface area contributed by atoms with Crippen molar-refractivity contribution in [3.05, 3.63) is 18.2 Å². The Balaban J connectivity index is 1.99. The monoisotopic (exact) mass is 251 g/mol. The number of hydrogen-bond acceptors (Lipinski definition) is 3. The second-order valence-electron chi connectivity index (χ2n) is 5.74. The molecule has 4 heteroatoms. The van der Waals surface area contributed by atoms with Gasteiger partial charge in [0.05, 0.1) is 18.6 Å². The number of imidazole rings is 1. The van der Waals surface area contributed by atoms with Gasteiger partial charge in [-0.3, -0.25) is 0 Å². The molecule has 0 unspecified atom stereocenters. The van der Waals surface area contributed by atoms with Crippen LogP contribution in [0.25, 0.3) is 0 Å². The Morgan fingerprint density at radius 3 is 2.72 bits per heavy atom. The maximum Gasteiger partial charge on any atom is 0.0951 e. The number of rotatable bonds is 5. The lowest BCUT2D eigenvalue weighted by Gasteiger charge is -2.36. The van der Waals surface area contributed by atoms with Crippen molar-refractivity contribution >= 4 is 0 Å². The zero-order valence-corrected chi connectivity index (χ0v) is 11.5. The Hall–Kier alpha value is -0.870. The first-order valence-corrected chi connectivity index (χ1v) is 7.03. The van der Waals surface area contributed by atoms with Gasteiger partial charge in [-0.2, -0.15) is 0 Å². The maximum atomic E-state index is 9.66. The Kier molecular flexibility index (Phi) is 4.40. The quantitative estimate of drug-likeness (QED) is 0.844. The molecule has 0 atom stereocenters. The first kappa shape index (κ1) is 13.6. The Morgan fingerprint density at radius 1 is 1.39 bits per heavy atom. The highest BCUT2D eigenvalue weighted by atomic mass is 16.3. The average molecular weight is 251 g/mol. The van der Waals surface area contributed by atoms with Crippen molar-refractivity contribution in [2.24, 2.45) is 0 Å². The van der Waals surface area contributed by atoms with Crippen LogP contribution in [0.1, 0.15) is 57.7 Å². The maximum absolute atomic E-state index is 9.66. The number of hydrogen-bond donors (Lipinski definition) is 2. The predicted molar refractivity (Wildman–Crippen MR) is 72.4 cm³/mol. The minimum absolute atomic E-state index is 0.0651. The van der Waals surface area contributed by atoms with Crippen molar-refractivity contribution in [1.82, 2.24) is 14.9 Å². The molecule has 2 N–H and O–H groups in total. The van der Waals surface area contributed by atoms with Gasteiger partial charge in [0, 0.05) is 24.3 Å². The van der Waals surface area contributed by atoms with Gasteiger partial charge in [0.2, 0.25) is 0 Å². The first-order valence-electron chi connectivity index (χ1n) is 7.03. The van der Waals surface area contributed by atoms with Crippen LogP contribution in [-0.4, -0.2) is 26.8 Å². The van der Waals surface area contributed by atoms with Gasteiger partial charge in [-0.15, -0.1) is 0 Å². The minimum atomic E-state index is -0.0651. The van der Waals surface area contributed by atoms with Gasteiger partial charge in [-0.25, -0.2) is 4.98 Å². The van der Waals surface area contributed by atoms with E-state index in [9.17, 15) is 5.11 Å². The third kappa shape index (κ3) is 2.93. The van der Waals surface area contributed by atoms with E-state index in [1.54, 1.807) is 0 Å². The molecule has 2 rings (SSSR count). The van der Waals surface area contributed by atoms with Crippen LogP contribution in [-0.2, 0) is 6.54 Å². The van der Waals surface area contributed by atoms with E-state index in [4.69, 9.17) is 0 Å². The fraction of sp³-hybridized carbons (Fsp3) is 0.786. The Morgan fingerprint density at radius 2 is 2.11 bits per heavy atom. The van der Waals surface area contributed by atoms with Gasteiger partial charge in [0.15, 0.2) is 0 Å². The van der Waals surface area contributed by atoms with Gasteiger partial charge in [-0.1, -0.05) is 19.3 Å². The highest BCUT2D eigenvalue weighted by Crippen LogP contribution is 2.28. The molecule has 1 aromatic heterocycles. The summed E-state index contributed by atoms with van der Waals surface area (Å²) in [4.78, 5) is 4.22. The summed E-state index contributed by atoms with van der Waals surface area (Å²) in [5.41, 5.74) is 1.13. The zero-order valence-electron chi connectivity index (χ0n) is 11.5. The number of nitrogens with zero attached hydrogens (tertiary/aromatic N) is 2. The lowest BCUT2D eigenvalue weighted by atomic mass is 9.82. The van der Waals surface area contributed by atoms with Crippen LogP contribution in [0.15, 0.2) is 12.5 Å². The van der Waals surface area contributed by atoms with E-state index in [0.29, 0.717) is 6.04 Å². The molecule has 4 nitrogen and oxygen atoms in total. The molecule has 1 aromatic rings. The van der Waals surface area contributed by atoms with Crippen LogP contribution in [0.2, 0.25) is 0 Å². The van der Waals surface area contributed by atoms with Gasteiger partial charge in [0.25, 0.3) is 0 Å². The fourth-order valence-electron chi connectivity index (χ4n) is 2.83. The van der Waals surface area contributed by atoms with Crippen molar-refractivity contribution in [2.75, 3.05) is 6.61 Å². The van der Waals surface area contributed by atoms with Crippen LogP contribution < -0.4 is 5.32 Å². The average Bonchev–Trinajstić information content (AvgIpc) is 2.86. The molecule has 0 spiro atoms. The smallest absolute Gasteiger partial charge is 0.0951 e. The van der Waals surface area contributed by atoms with Crippen LogP contribution >= 0.6 is 0 Å². The molecule has 0 bridgehead atoms. The second-order valence-corrected chi connectivity index (χ2v) is 5.74. The normalized spacial score (nSPS) is 19.3. The third-order valence-corrected chi connectivity index (χ3v) is 4.06. The molecule has 0 aliphatic heterocycles. The van der Waals surface area contributed by atoms with Gasteiger partial charge >= 0.3 is 0 Å². The van der Waals surface area contributed by atoms with Crippen LogP contribution in [0.4, 0.5) is 0 Å². The molecule has 0 aromatic carbocycles. The fourth-order valence-corrected chi connectivity index (χ4v) is 2.83. The van der Waals surface area contributed by atoms with E-state index in [0.717, 1.165) is 19.4 Å². The number of nitrogens with one attached hydrogen (secondary N) is 1. The van der Waals surface area contributed by atoms with E-state index in [2.05, 4.69) is 28.7 Å². The summed E-state index contributed by atoms with van der Waals surface area (Å²) in [5.74, 6) is 0. The van der Waals surface area contributed by atoms with E-state index in [-0.39, 0.29) is 12.1 Å². The van der Waals surface area contributed by atoms with Crippen molar-refractivity contribution in [2.45, 2.75) is 64.1 Å². The molecule has 102 valence electrons. The topological polar surface area (TPSA) is 50.1 Å². The standard InChI is InChI=1S/C14H25N3O/c1-12(2)17-11-15-8-13(17)9-16-14(10-18)6-4-3-5-7-14/h8,11-12,16,18H,3-7,9-10H2,1-2H3. The van der Waals surface area contributed by atoms with Crippen LogP contribution in [0.5, 0.6) is 0 Å². The number of aliphatic hydroxyl groups excluding tert-OH is 1. The molecule has 1 fully saturated rings. The van der Waals surface area contributed by atoms with E-state index < -0.39 is 0 Å². The number of aromatic nitrogens is 2. The summed E-state index contributed by atoms with van der Waals surface area (Å²) in [7, 11) is 0. The van der Waals surface area contributed by atoms with E-state index in [1.165, 1.54) is 25.0 Å². The molecule has 1 aliphatic carbocycles. The van der Waals surface area contributed by atoms with Gasteiger partial charge in [-0.05, 0) is 26.7 Å². The molecular formula is C14H25N3O. The third-order valence-electron chi connectivity index (χ3n) is 4.06. The molecule has 18 heavy (non-hydrogen) atoms. The summed E-state index contributed by atoms with van der Waals surface area (Å²) in [6.45, 7) is 5.35. The highest BCUT2D eigenvalue weighted by molar-refractivity contribution is 5.02. The molecule has 0 radical (unpaired) electrons. The minimum Gasteiger partial charge on any atom is -0.394 e. The summed E-state index contributed by atoms with van der Waals surface area (Å²) in [6, 6.07) is 0.431. The zero-order chi connectivity index (χ0) is 13.0. The Labute approximate surface area is 109 Å².